The molecule has 0 fully saturated rings. The van der Waals surface area contributed by atoms with Gasteiger partial charge in [0.2, 0.25) is 10.0 Å². The number of hydrogen-bond acceptors (Lipinski definition) is 5. The van der Waals surface area contributed by atoms with Crippen LogP contribution >= 0.6 is 0 Å². The molecule has 2 aromatic rings. The van der Waals surface area contributed by atoms with Crippen molar-refractivity contribution >= 4 is 21.9 Å². The number of carbonyl (C=O) groups excluding carboxylic acids is 2. The summed E-state index contributed by atoms with van der Waals surface area (Å²) in [5.74, 6) is -1.14. The molecule has 154 valence electrons. The molecule has 1 atom stereocenters. The van der Waals surface area contributed by atoms with Gasteiger partial charge in [-0.1, -0.05) is 30.3 Å². The van der Waals surface area contributed by atoms with Crippen molar-refractivity contribution in [1.82, 2.24) is 9.62 Å². The summed E-state index contributed by atoms with van der Waals surface area (Å²) in [5.41, 5.74) is 2.39. The van der Waals surface area contributed by atoms with Gasteiger partial charge >= 0.3 is 5.97 Å². The molecule has 0 saturated carbocycles. The lowest BCUT2D eigenvalue weighted by Gasteiger charge is -2.26. The Labute approximate surface area is 170 Å². The number of benzene rings is 2. The molecule has 0 spiro atoms. The zero-order valence-electron chi connectivity index (χ0n) is 16.4. The van der Waals surface area contributed by atoms with E-state index in [-0.39, 0.29) is 16.5 Å². The Hall–Kier alpha value is -2.71. The number of aryl methyl sites for hydroxylation is 1. The van der Waals surface area contributed by atoms with Gasteiger partial charge < -0.3 is 10.1 Å². The largest absolute Gasteiger partial charge is 0.452 e. The summed E-state index contributed by atoms with van der Waals surface area (Å²) in [5, 5.41) is 2.91. The molecule has 2 aromatic carbocycles. The maximum absolute atomic E-state index is 12.3. The van der Waals surface area contributed by atoms with Crippen molar-refractivity contribution in [3.8, 4) is 0 Å². The van der Waals surface area contributed by atoms with E-state index >= 15 is 0 Å². The van der Waals surface area contributed by atoms with Crippen LogP contribution in [0.5, 0.6) is 0 Å². The van der Waals surface area contributed by atoms with Crippen LogP contribution in [0.2, 0.25) is 0 Å². The number of fused-ring (bicyclic) bond motifs is 1. The lowest BCUT2D eigenvalue weighted by Crippen LogP contribution is -2.34. The molecule has 0 unspecified atom stereocenters. The van der Waals surface area contributed by atoms with Crippen LogP contribution in [0, 0.1) is 0 Å². The monoisotopic (exact) mass is 416 g/mol. The molecule has 1 aliphatic carbocycles. The van der Waals surface area contributed by atoms with Crippen LogP contribution in [0.4, 0.5) is 0 Å². The molecule has 29 heavy (non-hydrogen) atoms. The Morgan fingerprint density at radius 3 is 2.66 bits per heavy atom. The minimum absolute atomic E-state index is 0.0137. The van der Waals surface area contributed by atoms with Gasteiger partial charge in [-0.15, -0.1) is 0 Å². The van der Waals surface area contributed by atoms with Gasteiger partial charge in [0.1, 0.15) is 0 Å². The molecule has 7 nitrogen and oxygen atoms in total. The standard InChI is InChI=1S/C21H24N2O5S/c1-23(2)29(26,27)17-10-5-9-16(13-17)21(25)28-14-20(24)22-19-12-6-8-15-7-3-4-11-18(15)19/h3-5,7,9-11,13,19H,6,8,12,14H2,1-2H3,(H,22,24)/t19-/m1/s1. The summed E-state index contributed by atoms with van der Waals surface area (Å²) in [7, 11) is -0.844. The van der Waals surface area contributed by atoms with E-state index in [4.69, 9.17) is 4.74 Å². The first-order chi connectivity index (χ1) is 13.8. The van der Waals surface area contributed by atoms with Crippen molar-refractivity contribution in [1.29, 1.82) is 0 Å². The maximum Gasteiger partial charge on any atom is 0.338 e. The highest BCUT2D eigenvalue weighted by Gasteiger charge is 2.23. The van der Waals surface area contributed by atoms with Crippen LogP contribution in [-0.2, 0) is 26.0 Å². The van der Waals surface area contributed by atoms with E-state index in [0.29, 0.717) is 0 Å². The second-order valence-electron chi connectivity index (χ2n) is 7.10. The normalized spacial score (nSPS) is 16.2. The fraction of sp³-hybridized carbons (Fsp3) is 0.333. The molecule has 0 aliphatic heterocycles. The number of ether oxygens (including phenoxy) is 1. The first kappa shape index (κ1) is 21.0. The molecule has 8 heteroatoms. The fourth-order valence-electron chi connectivity index (χ4n) is 3.35. The highest BCUT2D eigenvalue weighted by molar-refractivity contribution is 7.89. The molecule has 0 heterocycles. The van der Waals surface area contributed by atoms with E-state index in [1.54, 1.807) is 0 Å². The van der Waals surface area contributed by atoms with Gasteiger partial charge in [0.25, 0.3) is 5.91 Å². The number of sulfonamides is 1. The van der Waals surface area contributed by atoms with E-state index < -0.39 is 28.5 Å². The summed E-state index contributed by atoms with van der Waals surface area (Å²) in [4.78, 5) is 24.5. The number of hydrogen-bond donors (Lipinski definition) is 1. The number of carbonyl (C=O) groups is 2. The van der Waals surface area contributed by atoms with Gasteiger partial charge in [-0.25, -0.2) is 17.5 Å². The van der Waals surface area contributed by atoms with Gasteiger partial charge in [-0.3, -0.25) is 4.79 Å². The second kappa shape index (κ2) is 8.75. The number of esters is 1. The van der Waals surface area contributed by atoms with Crippen LogP contribution in [-0.4, -0.2) is 45.3 Å². The number of nitrogens with zero attached hydrogens (tertiary/aromatic N) is 1. The molecule has 1 N–H and O–H groups in total. The molecule has 0 aromatic heterocycles. The highest BCUT2D eigenvalue weighted by Crippen LogP contribution is 2.29. The van der Waals surface area contributed by atoms with Crippen LogP contribution in [0.15, 0.2) is 53.4 Å². The Kier molecular flexibility index (Phi) is 6.34. The Bertz CT molecular complexity index is 1020. The van der Waals surface area contributed by atoms with Crippen molar-refractivity contribution in [2.75, 3.05) is 20.7 Å². The SMILES string of the molecule is CN(C)S(=O)(=O)c1cccc(C(=O)OCC(=O)N[C@@H]2CCCc3ccccc32)c1. The molecule has 3 rings (SSSR count). The topological polar surface area (TPSA) is 92.8 Å². The van der Waals surface area contributed by atoms with Gasteiger partial charge in [-0.2, -0.15) is 0 Å². The zero-order chi connectivity index (χ0) is 21.0. The average Bonchev–Trinajstić information content (AvgIpc) is 2.72. The fourth-order valence-corrected chi connectivity index (χ4v) is 4.30. The van der Waals surface area contributed by atoms with Crippen molar-refractivity contribution in [3.63, 3.8) is 0 Å². The van der Waals surface area contributed by atoms with Crippen LogP contribution in [0.1, 0.15) is 40.4 Å². The maximum atomic E-state index is 12.3. The molecule has 0 bridgehead atoms. The Morgan fingerprint density at radius 1 is 1.14 bits per heavy atom. The van der Waals surface area contributed by atoms with E-state index in [0.717, 1.165) is 29.1 Å². The molecule has 1 amide bonds. The predicted octanol–water partition coefficient (Wildman–Crippen LogP) is 2.29. The van der Waals surface area contributed by atoms with Crippen molar-refractivity contribution in [2.24, 2.45) is 0 Å². The first-order valence-electron chi connectivity index (χ1n) is 9.36. The highest BCUT2D eigenvalue weighted by atomic mass is 32.2. The quantitative estimate of drug-likeness (QED) is 0.730. The summed E-state index contributed by atoms with van der Waals surface area (Å²) < 4.78 is 30.6. The summed E-state index contributed by atoms with van der Waals surface area (Å²) in [6.07, 6.45) is 2.81. The Balaban J connectivity index is 1.61. The van der Waals surface area contributed by atoms with Gasteiger partial charge in [-0.05, 0) is 48.6 Å². The predicted molar refractivity (Wildman–Crippen MR) is 108 cm³/mol. The smallest absolute Gasteiger partial charge is 0.338 e. The third kappa shape index (κ3) is 4.83. The summed E-state index contributed by atoms with van der Waals surface area (Å²) >= 11 is 0. The molecule has 0 radical (unpaired) electrons. The lowest BCUT2D eigenvalue weighted by molar-refractivity contribution is -0.125. The first-order valence-corrected chi connectivity index (χ1v) is 10.8. The molecule has 0 saturated heterocycles. The van der Waals surface area contributed by atoms with E-state index in [1.165, 1.54) is 43.9 Å². The van der Waals surface area contributed by atoms with Crippen LogP contribution < -0.4 is 5.32 Å². The molecule has 1 aliphatic rings. The van der Waals surface area contributed by atoms with E-state index in [1.807, 2.05) is 18.2 Å². The van der Waals surface area contributed by atoms with Crippen LogP contribution in [0.25, 0.3) is 0 Å². The van der Waals surface area contributed by atoms with Gasteiger partial charge in [0.05, 0.1) is 16.5 Å². The van der Waals surface area contributed by atoms with E-state index in [9.17, 15) is 18.0 Å². The average molecular weight is 416 g/mol. The number of amides is 1. The number of nitrogens with one attached hydrogen (secondary N) is 1. The van der Waals surface area contributed by atoms with Crippen LogP contribution in [0.3, 0.4) is 0 Å². The summed E-state index contributed by atoms with van der Waals surface area (Å²) in [6, 6.07) is 13.4. The second-order valence-corrected chi connectivity index (χ2v) is 9.25. The third-order valence-corrected chi connectivity index (χ3v) is 6.70. The number of rotatable bonds is 6. The molecular formula is C21H24N2O5S. The third-order valence-electron chi connectivity index (χ3n) is 4.89. The van der Waals surface area contributed by atoms with Crippen molar-refractivity contribution < 1.29 is 22.7 Å². The van der Waals surface area contributed by atoms with Gasteiger partial charge in [0, 0.05) is 14.1 Å². The van der Waals surface area contributed by atoms with Gasteiger partial charge in [0.15, 0.2) is 6.61 Å². The van der Waals surface area contributed by atoms with E-state index in [2.05, 4.69) is 11.4 Å². The lowest BCUT2D eigenvalue weighted by atomic mass is 9.88. The molecular weight excluding hydrogens is 392 g/mol. The minimum Gasteiger partial charge on any atom is -0.452 e. The zero-order valence-corrected chi connectivity index (χ0v) is 17.2. The summed E-state index contributed by atoms with van der Waals surface area (Å²) in [6.45, 7) is -0.428. The Morgan fingerprint density at radius 2 is 1.90 bits per heavy atom. The van der Waals surface area contributed by atoms with Crippen molar-refractivity contribution in [3.05, 3.63) is 65.2 Å². The van der Waals surface area contributed by atoms with Crippen molar-refractivity contribution in [2.45, 2.75) is 30.2 Å². The minimum atomic E-state index is -3.67.